The molecule has 1 saturated heterocycles. The Hall–Kier alpha value is -3.97. The maximum Gasteiger partial charge on any atom is 0.300 e. The Labute approximate surface area is 200 Å². The summed E-state index contributed by atoms with van der Waals surface area (Å²) in [5, 5.41) is 11.5. The molecule has 3 aromatic rings. The minimum absolute atomic E-state index is 0.0663. The van der Waals surface area contributed by atoms with Gasteiger partial charge in [0.15, 0.2) is 11.5 Å². The molecule has 1 amide bonds. The van der Waals surface area contributed by atoms with Gasteiger partial charge >= 0.3 is 0 Å². The number of fused-ring (bicyclic) bond motifs is 1. The summed E-state index contributed by atoms with van der Waals surface area (Å²) in [5.74, 6) is -0.500. The van der Waals surface area contributed by atoms with E-state index < -0.39 is 17.7 Å². The van der Waals surface area contributed by atoms with Gasteiger partial charge in [0.1, 0.15) is 11.5 Å². The summed E-state index contributed by atoms with van der Waals surface area (Å²) in [6.07, 6.45) is 0. The van der Waals surface area contributed by atoms with Gasteiger partial charge in [-0.05, 0) is 42.8 Å². The number of amides is 1. The molecular weight excluding hydrogens is 458 g/mol. The molecule has 1 atom stereocenters. The van der Waals surface area contributed by atoms with Crippen LogP contribution in [0.2, 0.25) is 5.02 Å². The van der Waals surface area contributed by atoms with Crippen LogP contribution in [0.5, 0.6) is 17.2 Å². The molecule has 2 aliphatic heterocycles. The molecule has 172 valence electrons. The van der Waals surface area contributed by atoms with Gasteiger partial charge in [0.25, 0.3) is 11.7 Å². The van der Waals surface area contributed by atoms with Crippen LogP contribution in [0.1, 0.15) is 22.7 Å². The number of anilines is 1. The highest BCUT2D eigenvalue weighted by molar-refractivity contribution is 6.52. The molecule has 1 unspecified atom stereocenters. The van der Waals surface area contributed by atoms with Gasteiger partial charge in [-0.1, -0.05) is 41.4 Å². The zero-order chi connectivity index (χ0) is 24.0. The van der Waals surface area contributed by atoms with Gasteiger partial charge in [-0.2, -0.15) is 0 Å². The average molecular weight is 478 g/mol. The molecule has 2 aliphatic rings. The fourth-order valence-corrected chi connectivity index (χ4v) is 4.45. The second kappa shape index (κ2) is 8.43. The van der Waals surface area contributed by atoms with Gasteiger partial charge in [-0.3, -0.25) is 14.5 Å². The molecule has 0 aliphatic carbocycles. The van der Waals surface area contributed by atoms with Crippen LogP contribution in [0.3, 0.4) is 0 Å². The minimum atomic E-state index is -0.887. The highest BCUT2D eigenvalue weighted by atomic mass is 35.5. The number of hydrogen-bond acceptors (Lipinski definition) is 6. The molecule has 0 radical (unpaired) electrons. The predicted octanol–water partition coefficient (Wildman–Crippen LogP) is 5.01. The first-order chi connectivity index (χ1) is 16.4. The second-order valence-electron chi connectivity index (χ2n) is 7.97. The standard InChI is InChI=1S/C26H20ClNO6/c1-14-4-3-5-15(10-14)23-22(24(29)18-12-17(32-2)7-8-19(18)27)25(30)26(31)28(23)16-6-9-20-21(11-16)34-13-33-20/h3-12,23,29H,13H2,1-2H3/b24-22+. The lowest BCUT2D eigenvalue weighted by Crippen LogP contribution is -2.29. The number of nitrogens with zero attached hydrogens (tertiary/aromatic N) is 1. The second-order valence-corrected chi connectivity index (χ2v) is 8.37. The van der Waals surface area contributed by atoms with Crippen molar-refractivity contribution in [1.82, 2.24) is 0 Å². The van der Waals surface area contributed by atoms with E-state index in [1.165, 1.54) is 18.1 Å². The number of aliphatic hydroxyl groups is 1. The van der Waals surface area contributed by atoms with Gasteiger partial charge in [0.2, 0.25) is 6.79 Å². The van der Waals surface area contributed by atoms with Crippen molar-refractivity contribution in [2.45, 2.75) is 13.0 Å². The van der Waals surface area contributed by atoms with E-state index in [0.29, 0.717) is 28.5 Å². The van der Waals surface area contributed by atoms with E-state index in [9.17, 15) is 14.7 Å². The molecule has 34 heavy (non-hydrogen) atoms. The Morgan fingerprint density at radius 3 is 2.62 bits per heavy atom. The fraction of sp³-hybridized carbons (Fsp3) is 0.154. The number of Topliss-reactive ketones (excluding diaryl/α,β-unsaturated/α-hetero) is 1. The third-order valence-electron chi connectivity index (χ3n) is 5.87. The number of ketones is 1. The largest absolute Gasteiger partial charge is 0.507 e. The molecule has 8 heteroatoms. The monoisotopic (exact) mass is 477 g/mol. The lowest BCUT2D eigenvalue weighted by Gasteiger charge is -2.26. The molecule has 7 nitrogen and oxygen atoms in total. The van der Waals surface area contributed by atoms with E-state index in [4.69, 9.17) is 25.8 Å². The first kappa shape index (κ1) is 21.9. The Kier molecular flexibility index (Phi) is 5.42. The number of methoxy groups -OCH3 is 1. The molecule has 0 aromatic heterocycles. The van der Waals surface area contributed by atoms with Gasteiger partial charge in [0, 0.05) is 17.3 Å². The maximum absolute atomic E-state index is 13.3. The van der Waals surface area contributed by atoms with Crippen LogP contribution < -0.4 is 19.1 Å². The van der Waals surface area contributed by atoms with Crippen LogP contribution in [-0.4, -0.2) is 30.7 Å². The van der Waals surface area contributed by atoms with Gasteiger partial charge in [-0.15, -0.1) is 0 Å². The van der Waals surface area contributed by atoms with E-state index in [-0.39, 0.29) is 28.7 Å². The number of carbonyl (C=O) groups is 2. The SMILES string of the molecule is COc1ccc(Cl)c(/C(O)=C2\C(=O)C(=O)N(c3ccc4c(c3)OCO4)C2c2cccc(C)c2)c1. The minimum Gasteiger partial charge on any atom is -0.507 e. The summed E-state index contributed by atoms with van der Waals surface area (Å²) >= 11 is 6.36. The summed E-state index contributed by atoms with van der Waals surface area (Å²) < 4.78 is 16.1. The van der Waals surface area contributed by atoms with Crippen LogP contribution in [0, 0.1) is 6.92 Å². The van der Waals surface area contributed by atoms with Crippen LogP contribution in [0.4, 0.5) is 5.69 Å². The van der Waals surface area contributed by atoms with Crippen molar-refractivity contribution in [3.05, 3.63) is 87.9 Å². The molecule has 3 aromatic carbocycles. The van der Waals surface area contributed by atoms with Gasteiger partial charge in [-0.25, -0.2) is 0 Å². The van der Waals surface area contributed by atoms with Crippen molar-refractivity contribution >= 4 is 34.7 Å². The zero-order valence-electron chi connectivity index (χ0n) is 18.4. The summed E-state index contributed by atoms with van der Waals surface area (Å²) in [5.41, 5.74) is 2.17. The topological polar surface area (TPSA) is 85.3 Å². The predicted molar refractivity (Wildman–Crippen MR) is 127 cm³/mol. The number of halogens is 1. The van der Waals surface area contributed by atoms with Crippen molar-refractivity contribution < 1.29 is 28.9 Å². The highest BCUT2D eigenvalue weighted by Crippen LogP contribution is 2.45. The molecule has 2 heterocycles. The average Bonchev–Trinajstić information content (AvgIpc) is 3.41. The number of aryl methyl sites for hydroxylation is 1. The van der Waals surface area contributed by atoms with E-state index in [1.807, 2.05) is 31.2 Å². The molecular formula is C26H20ClNO6. The Bertz CT molecular complexity index is 1370. The highest BCUT2D eigenvalue weighted by Gasteiger charge is 2.47. The smallest absolute Gasteiger partial charge is 0.300 e. The first-order valence-corrected chi connectivity index (χ1v) is 10.9. The Morgan fingerprint density at radius 2 is 1.85 bits per heavy atom. The number of carbonyl (C=O) groups excluding carboxylic acids is 2. The summed E-state index contributed by atoms with van der Waals surface area (Å²) in [7, 11) is 1.48. The Balaban J connectivity index is 1.73. The number of ether oxygens (including phenoxy) is 3. The van der Waals surface area contributed by atoms with E-state index in [1.54, 1.807) is 30.3 Å². The van der Waals surface area contributed by atoms with Gasteiger partial charge in [0.05, 0.1) is 23.7 Å². The third-order valence-corrected chi connectivity index (χ3v) is 6.19. The van der Waals surface area contributed by atoms with Crippen molar-refractivity contribution in [2.24, 2.45) is 0 Å². The maximum atomic E-state index is 13.3. The van der Waals surface area contributed by atoms with Crippen LogP contribution in [0.15, 0.2) is 66.2 Å². The number of hydrogen-bond donors (Lipinski definition) is 1. The summed E-state index contributed by atoms with van der Waals surface area (Å²) in [6.45, 7) is 1.99. The number of benzene rings is 3. The van der Waals surface area contributed by atoms with E-state index >= 15 is 0 Å². The zero-order valence-corrected chi connectivity index (χ0v) is 19.1. The third kappa shape index (κ3) is 3.54. The molecule has 5 rings (SSSR count). The quantitative estimate of drug-likeness (QED) is 0.323. The molecule has 1 fully saturated rings. The lowest BCUT2D eigenvalue weighted by atomic mass is 9.94. The van der Waals surface area contributed by atoms with E-state index in [2.05, 4.69) is 0 Å². The lowest BCUT2D eigenvalue weighted by molar-refractivity contribution is -0.132. The van der Waals surface area contributed by atoms with Gasteiger partial charge < -0.3 is 19.3 Å². The molecule has 0 spiro atoms. The van der Waals surface area contributed by atoms with Crippen molar-refractivity contribution in [3.8, 4) is 17.2 Å². The summed E-state index contributed by atoms with van der Waals surface area (Å²) in [6, 6.07) is 16.3. The van der Waals surface area contributed by atoms with Crippen LogP contribution >= 0.6 is 11.6 Å². The number of rotatable bonds is 4. The van der Waals surface area contributed by atoms with Crippen LogP contribution in [0.25, 0.3) is 5.76 Å². The van der Waals surface area contributed by atoms with E-state index in [0.717, 1.165) is 5.56 Å². The first-order valence-electron chi connectivity index (χ1n) is 10.5. The number of aliphatic hydroxyl groups excluding tert-OH is 1. The molecule has 0 bridgehead atoms. The Morgan fingerprint density at radius 1 is 1.06 bits per heavy atom. The van der Waals surface area contributed by atoms with Crippen molar-refractivity contribution in [3.63, 3.8) is 0 Å². The van der Waals surface area contributed by atoms with Crippen molar-refractivity contribution in [1.29, 1.82) is 0 Å². The normalized spacial score (nSPS) is 18.4. The molecule has 0 saturated carbocycles. The fourth-order valence-electron chi connectivity index (χ4n) is 4.25. The van der Waals surface area contributed by atoms with Crippen molar-refractivity contribution in [2.75, 3.05) is 18.8 Å². The van der Waals surface area contributed by atoms with Crippen LogP contribution in [-0.2, 0) is 9.59 Å². The molecule has 1 N–H and O–H groups in total. The summed E-state index contributed by atoms with van der Waals surface area (Å²) in [4.78, 5) is 28.0.